The van der Waals surface area contributed by atoms with E-state index in [1.807, 2.05) is 13.8 Å². The summed E-state index contributed by atoms with van der Waals surface area (Å²) in [5, 5.41) is 17.9. The number of carbonyl (C=O) groups is 2. The number of nitro benzene ring substituents is 1. The molecule has 0 aliphatic heterocycles. The molecule has 0 unspecified atom stereocenters. The van der Waals surface area contributed by atoms with Crippen molar-refractivity contribution in [2.45, 2.75) is 19.9 Å². The number of amides is 1. The molecule has 1 amide bonds. The Hall–Kier alpha value is -3.43. The Balaban J connectivity index is 2.08. The van der Waals surface area contributed by atoms with Crippen LogP contribution >= 0.6 is 0 Å². The average Bonchev–Trinajstić information content (AvgIpc) is 3.07. The van der Waals surface area contributed by atoms with Gasteiger partial charge in [-0.1, -0.05) is 0 Å². The SMILES string of the molecule is COC(=O)c1ccc(OCC(=O)Nc2ccnn2C(C)C)c([N+](=O)[O-])c1. The van der Waals surface area contributed by atoms with Crippen LogP contribution in [0.15, 0.2) is 30.5 Å². The minimum Gasteiger partial charge on any atom is -0.477 e. The summed E-state index contributed by atoms with van der Waals surface area (Å²) in [5.74, 6) is -0.850. The Kier molecular flexibility index (Phi) is 5.89. The molecule has 0 saturated heterocycles. The molecule has 26 heavy (non-hydrogen) atoms. The highest BCUT2D eigenvalue weighted by Gasteiger charge is 2.20. The van der Waals surface area contributed by atoms with E-state index < -0.39 is 29.1 Å². The van der Waals surface area contributed by atoms with Crippen molar-refractivity contribution in [3.8, 4) is 5.75 Å². The molecule has 0 bridgehead atoms. The van der Waals surface area contributed by atoms with Gasteiger partial charge in [-0.2, -0.15) is 5.10 Å². The standard InChI is InChI=1S/C16H18N4O6/c1-10(2)19-14(6-7-17-19)18-15(21)9-26-13-5-4-11(16(22)25-3)8-12(13)20(23)24/h4-8,10H,9H2,1-3H3,(H,18,21). The van der Waals surface area contributed by atoms with Crippen molar-refractivity contribution in [1.82, 2.24) is 9.78 Å². The fourth-order valence-corrected chi connectivity index (χ4v) is 2.17. The molecule has 138 valence electrons. The molecule has 10 heteroatoms. The van der Waals surface area contributed by atoms with Gasteiger partial charge in [0.05, 0.1) is 23.8 Å². The van der Waals surface area contributed by atoms with Gasteiger partial charge in [0, 0.05) is 18.2 Å². The first kappa shape index (κ1) is 18.9. The van der Waals surface area contributed by atoms with Crippen LogP contribution in [0.4, 0.5) is 11.5 Å². The third kappa shape index (κ3) is 4.35. The highest BCUT2D eigenvalue weighted by molar-refractivity contribution is 5.92. The van der Waals surface area contributed by atoms with Crippen LogP contribution in [0.2, 0.25) is 0 Å². The van der Waals surface area contributed by atoms with Gasteiger partial charge in [-0.15, -0.1) is 0 Å². The molecule has 0 aliphatic rings. The molecule has 1 aromatic carbocycles. The lowest BCUT2D eigenvalue weighted by Crippen LogP contribution is -2.22. The largest absolute Gasteiger partial charge is 0.477 e. The summed E-state index contributed by atoms with van der Waals surface area (Å²) < 4.78 is 11.4. The molecule has 1 aromatic heterocycles. The fourth-order valence-electron chi connectivity index (χ4n) is 2.17. The fraction of sp³-hybridized carbons (Fsp3) is 0.312. The van der Waals surface area contributed by atoms with E-state index in [4.69, 9.17) is 4.74 Å². The molecular weight excluding hydrogens is 344 g/mol. The van der Waals surface area contributed by atoms with Gasteiger partial charge in [-0.25, -0.2) is 9.48 Å². The number of benzene rings is 1. The second-order valence-electron chi connectivity index (χ2n) is 5.52. The summed E-state index contributed by atoms with van der Waals surface area (Å²) in [5.41, 5.74) is -0.426. The second kappa shape index (κ2) is 8.10. The highest BCUT2D eigenvalue weighted by atomic mass is 16.6. The maximum atomic E-state index is 12.0. The van der Waals surface area contributed by atoms with Gasteiger partial charge in [-0.3, -0.25) is 14.9 Å². The Labute approximate surface area is 148 Å². The molecule has 1 heterocycles. The average molecular weight is 362 g/mol. The summed E-state index contributed by atoms with van der Waals surface area (Å²) in [6.07, 6.45) is 1.55. The maximum Gasteiger partial charge on any atom is 0.338 e. The van der Waals surface area contributed by atoms with Crippen LogP contribution in [0.25, 0.3) is 0 Å². The number of anilines is 1. The minimum atomic E-state index is -0.709. The number of nitrogens with zero attached hydrogens (tertiary/aromatic N) is 3. The molecule has 0 aliphatic carbocycles. The van der Waals surface area contributed by atoms with E-state index in [0.29, 0.717) is 5.82 Å². The van der Waals surface area contributed by atoms with Crippen LogP contribution < -0.4 is 10.1 Å². The molecule has 0 radical (unpaired) electrons. The number of rotatable bonds is 7. The van der Waals surface area contributed by atoms with E-state index in [1.54, 1.807) is 16.9 Å². The van der Waals surface area contributed by atoms with Crippen LogP contribution in [0.1, 0.15) is 30.2 Å². The van der Waals surface area contributed by atoms with Gasteiger partial charge in [0.15, 0.2) is 12.4 Å². The number of hydrogen-bond acceptors (Lipinski definition) is 7. The highest BCUT2D eigenvalue weighted by Crippen LogP contribution is 2.28. The number of nitro groups is 1. The van der Waals surface area contributed by atoms with E-state index in [0.717, 1.165) is 6.07 Å². The van der Waals surface area contributed by atoms with Gasteiger partial charge in [0.1, 0.15) is 5.82 Å². The van der Waals surface area contributed by atoms with E-state index in [-0.39, 0.29) is 17.4 Å². The molecule has 10 nitrogen and oxygen atoms in total. The van der Waals surface area contributed by atoms with Crippen molar-refractivity contribution < 1.29 is 24.0 Å². The summed E-state index contributed by atoms with van der Waals surface area (Å²) in [4.78, 5) is 34.0. The lowest BCUT2D eigenvalue weighted by atomic mass is 10.2. The normalized spacial score (nSPS) is 10.5. The summed E-state index contributed by atoms with van der Waals surface area (Å²) in [6, 6.07) is 5.28. The molecular formula is C16H18N4O6. The van der Waals surface area contributed by atoms with Crippen LogP contribution in [0.3, 0.4) is 0 Å². The Morgan fingerprint density at radius 3 is 2.69 bits per heavy atom. The number of hydrogen-bond donors (Lipinski definition) is 1. The molecule has 2 rings (SSSR count). The second-order valence-corrected chi connectivity index (χ2v) is 5.52. The molecule has 1 N–H and O–H groups in total. The third-order valence-corrected chi connectivity index (χ3v) is 3.36. The predicted octanol–water partition coefficient (Wildman–Crippen LogP) is 2.18. The Morgan fingerprint density at radius 1 is 1.35 bits per heavy atom. The Morgan fingerprint density at radius 2 is 2.08 bits per heavy atom. The lowest BCUT2D eigenvalue weighted by molar-refractivity contribution is -0.385. The third-order valence-electron chi connectivity index (χ3n) is 3.36. The van der Waals surface area contributed by atoms with Crippen LogP contribution in [0.5, 0.6) is 5.75 Å². The first-order chi connectivity index (χ1) is 12.3. The van der Waals surface area contributed by atoms with Crippen LogP contribution in [0, 0.1) is 10.1 Å². The summed E-state index contributed by atoms with van der Waals surface area (Å²) in [6.45, 7) is 3.37. The molecule has 0 saturated carbocycles. The van der Waals surface area contributed by atoms with Crippen molar-refractivity contribution in [1.29, 1.82) is 0 Å². The van der Waals surface area contributed by atoms with Crippen molar-refractivity contribution in [3.05, 3.63) is 46.1 Å². The van der Waals surface area contributed by atoms with Gasteiger partial charge < -0.3 is 14.8 Å². The monoisotopic (exact) mass is 362 g/mol. The molecule has 0 fully saturated rings. The maximum absolute atomic E-state index is 12.0. The predicted molar refractivity (Wildman–Crippen MR) is 91.2 cm³/mol. The zero-order valence-electron chi connectivity index (χ0n) is 14.5. The van der Waals surface area contributed by atoms with Gasteiger partial charge in [0.25, 0.3) is 5.91 Å². The van der Waals surface area contributed by atoms with E-state index in [2.05, 4.69) is 15.2 Å². The van der Waals surface area contributed by atoms with Gasteiger partial charge in [-0.05, 0) is 26.0 Å². The summed E-state index contributed by atoms with van der Waals surface area (Å²) in [7, 11) is 1.17. The number of ether oxygens (including phenoxy) is 2. The van der Waals surface area contributed by atoms with E-state index in [1.165, 1.54) is 19.2 Å². The van der Waals surface area contributed by atoms with Crippen molar-refractivity contribution in [2.75, 3.05) is 19.0 Å². The quantitative estimate of drug-likeness (QED) is 0.454. The lowest BCUT2D eigenvalue weighted by Gasteiger charge is -2.12. The minimum absolute atomic E-state index is 0.0110. The number of methoxy groups -OCH3 is 1. The van der Waals surface area contributed by atoms with E-state index in [9.17, 15) is 19.7 Å². The van der Waals surface area contributed by atoms with Crippen LogP contribution in [-0.2, 0) is 9.53 Å². The number of nitrogens with one attached hydrogen (secondary N) is 1. The number of carbonyl (C=O) groups excluding carboxylic acids is 2. The smallest absolute Gasteiger partial charge is 0.338 e. The molecule has 0 atom stereocenters. The van der Waals surface area contributed by atoms with Gasteiger partial charge >= 0.3 is 11.7 Å². The molecule has 2 aromatic rings. The zero-order valence-corrected chi connectivity index (χ0v) is 14.5. The summed E-state index contributed by atoms with van der Waals surface area (Å²) >= 11 is 0. The van der Waals surface area contributed by atoms with Crippen molar-refractivity contribution in [2.24, 2.45) is 0 Å². The van der Waals surface area contributed by atoms with Crippen molar-refractivity contribution in [3.63, 3.8) is 0 Å². The van der Waals surface area contributed by atoms with Crippen molar-refractivity contribution >= 4 is 23.4 Å². The Bertz CT molecular complexity index is 830. The van der Waals surface area contributed by atoms with Crippen LogP contribution in [-0.4, -0.2) is 40.3 Å². The zero-order chi connectivity index (χ0) is 19.3. The van der Waals surface area contributed by atoms with Gasteiger partial charge in [0.2, 0.25) is 0 Å². The number of aromatic nitrogens is 2. The first-order valence-electron chi connectivity index (χ1n) is 7.66. The molecule has 0 spiro atoms. The van der Waals surface area contributed by atoms with E-state index >= 15 is 0 Å². The number of esters is 1. The first-order valence-corrected chi connectivity index (χ1v) is 7.66. The topological polar surface area (TPSA) is 126 Å².